The van der Waals surface area contributed by atoms with Gasteiger partial charge < -0.3 is 4.90 Å². The molecule has 1 amide bonds. The number of amides is 1. The largest absolute Gasteiger partial charge is 0.340 e. The van der Waals surface area contributed by atoms with Crippen molar-refractivity contribution < 1.29 is 13.6 Å². The van der Waals surface area contributed by atoms with Gasteiger partial charge in [-0.3, -0.25) is 14.6 Å². The van der Waals surface area contributed by atoms with E-state index >= 15 is 0 Å². The number of carbonyl (C=O) groups is 1. The highest BCUT2D eigenvalue weighted by atomic mass is 19.1. The molecule has 2 saturated heterocycles. The number of piperazine rings is 1. The second kappa shape index (κ2) is 11.5. The third kappa shape index (κ3) is 6.43. The molecule has 2 aliphatic heterocycles. The Bertz CT molecular complexity index is 1190. The van der Waals surface area contributed by atoms with E-state index < -0.39 is 0 Å². The molecular formula is C31H35F2N3O. The predicted molar refractivity (Wildman–Crippen MR) is 142 cm³/mol. The number of benzene rings is 3. The highest BCUT2D eigenvalue weighted by Crippen LogP contribution is 2.33. The summed E-state index contributed by atoms with van der Waals surface area (Å²) >= 11 is 0. The van der Waals surface area contributed by atoms with Gasteiger partial charge in [-0.25, -0.2) is 8.78 Å². The minimum atomic E-state index is -0.249. The maximum atomic E-state index is 14.0. The first-order valence-electron chi connectivity index (χ1n) is 13.2. The van der Waals surface area contributed by atoms with Crippen LogP contribution in [0.3, 0.4) is 0 Å². The van der Waals surface area contributed by atoms with Gasteiger partial charge in [-0.15, -0.1) is 0 Å². The van der Waals surface area contributed by atoms with E-state index in [2.05, 4.69) is 34.1 Å². The Balaban J connectivity index is 1.27. The highest BCUT2D eigenvalue weighted by Gasteiger charge is 2.35. The normalized spacial score (nSPS) is 21.2. The quantitative estimate of drug-likeness (QED) is 0.461. The maximum absolute atomic E-state index is 14.0. The number of rotatable bonds is 6. The van der Waals surface area contributed by atoms with Crippen LogP contribution in [-0.4, -0.2) is 59.9 Å². The summed E-state index contributed by atoms with van der Waals surface area (Å²) in [6.07, 6.45) is 0.758. The van der Waals surface area contributed by atoms with E-state index in [0.717, 1.165) is 56.8 Å². The van der Waals surface area contributed by atoms with Crippen LogP contribution in [0.15, 0.2) is 72.8 Å². The van der Waals surface area contributed by atoms with Gasteiger partial charge in [-0.05, 0) is 59.7 Å². The SMILES string of the molecule is Cc1cc([C@@H]2C[C@@H](C(=O)N3CCN(Cc4ccccc4)CC3)CN(Cc3ccc(F)cc3)C2)ccc1F. The molecule has 5 rings (SSSR count). The van der Waals surface area contributed by atoms with Gasteiger partial charge >= 0.3 is 0 Å². The molecule has 2 heterocycles. The van der Waals surface area contributed by atoms with Crippen molar-refractivity contribution in [3.8, 4) is 0 Å². The number of aryl methyl sites for hydroxylation is 1. The van der Waals surface area contributed by atoms with Crippen LogP contribution >= 0.6 is 0 Å². The van der Waals surface area contributed by atoms with Gasteiger partial charge in [-0.1, -0.05) is 54.6 Å². The van der Waals surface area contributed by atoms with Crippen LogP contribution in [0.4, 0.5) is 8.78 Å². The molecule has 3 aromatic rings. The molecule has 0 spiro atoms. The molecule has 3 aromatic carbocycles. The van der Waals surface area contributed by atoms with Crippen LogP contribution in [0, 0.1) is 24.5 Å². The summed E-state index contributed by atoms with van der Waals surface area (Å²) in [6, 6.07) is 22.4. The molecular weight excluding hydrogens is 468 g/mol. The molecule has 194 valence electrons. The molecule has 37 heavy (non-hydrogen) atoms. The summed E-state index contributed by atoms with van der Waals surface area (Å²) in [4.78, 5) is 20.5. The van der Waals surface area contributed by atoms with Crippen LogP contribution in [0.25, 0.3) is 0 Å². The van der Waals surface area contributed by atoms with Crippen molar-refractivity contribution in [2.24, 2.45) is 5.92 Å². The van der Waals surface area contributed by atoms with Crippen LogP contribution in [0.1, 0.15) is 34.6 Å². The molecule has 0 aliphatic carbocycles. The lowest BCUT2D eigenvalue weighted by atomic mass is 9.83. The molecule has 0 N–H and O–H groups in total. The Labute approximate surface area is 218 Å². The molecule has 0 unspecified atom stereocenters. The lowest BCUT2D eigenvalue weighted by molar-refractivity contribution is -0.139. The fourth-order valence-corrected chi connectivity index (χ4v) is 5.74. The zero-order valence-electron chi connectivity index (χ0n) is 21.5. The van der Waals surface area contributed by atoms with Gasteiger partial charge in [0.25, 0.3) is 0 Å². The summed E-state index contributed by atoms with van der Waals surface area (Å²) < 4.78 is 27.4. The van der Waals surface area contributed by atoms with Crippen molar-refractivity contribution in [2.45, 2.75) is 32.4 Å². The zero-order chi connectivity index (χ0) is 25.8. The van der Waals surface area contributed by atoms with Crippen molar-refractivity contribution in [2.75, 3.05) is 39.3 Å². The lowest BCUT2D eigenvalue weighted by Crippen LogP contribution is -2.53. The van der Waals surface area contributed by atoms with Crippen LogP contribution < -0.4 is 0 Å². The van der Waals surface area contributed by atoms with Gasteiger partial charge in [0.15, 0.2) is 0 Å². The zero-order valence-corrected chi connectivity index (χ0v) is 21.5. The van der Waals surface area contributed by atoms with Crippen LogP contribution in [0.2, 0.25) is 0 Å². The predicted octanol–water partition coefficient (Wildman–Crippen LogP) is 5.22. The summed E-state index contributed by atoms with van der Waals surface area (Å²) in [5.74, 6) is -0.218. The Morgan fingerprint density at radius 3 is 2.19 bits per heavy atom. The Kier molecular flexibility index (Phi) is 7.96. The van der Waals surface area contributed by atoms with E-state index in [-0.39, 0.29) is 29.4 Å². The first-order valence-corrected chi connectivity index (χ1v) is 13.2. The monoisotopic (exact) mass is 503 g/mol. The minimum Gasteiger partial charge on any atom is -0.340 e. The van der Waals surface area contributed by atoms with Gasteiger partial charge in [0, 0.05) is 52.4 Å². The smallest absolute Gasteiger partial charge is 0.227 e. The van der Waals surface area contributed by atoms with E-state index in [0.29, 0.717) is 18.7 Å². The van der Waals surface area contributed by atoms with E-state index in [1.807, 2.05) is 35.2 Å². The Hall–Kier alpha value is -3.09. The number of hydrogen-bond donors (Lipinski definition) is 0. The first-order chi connectivity index (χ1) is 17.9. The van der Waals surface area contributed by atoms with Gasteiger partial charge in [0.1, 0.15) is 11.6 Å². The molecule has 2 atom stereocenters. The molecule has 2 aliphatic rings. The molecule has 0 radical (unpaired) electrons. The number of nitrogens with zero attached hydrogens (tertiary/aromatic N) is 3. The molecule has 0 saturated carbocycles. The number of piperidine rings is 1. The molecule has 6 heteroatoms. The number of likely N-dealkylation sites (tertiary alicyclic amines) is 1. The average Bonchev–Trinajstić information content (AvgIpc) is 2.92. The molecule has 0 aromatic heterocycles. The standard InChI is InChI=1S/C31H35F2N3O/c1-23-17-26(9-12-30(23)33)27-18-28(22-35(21-27)20-25-7-10-29(32)11-8-25)31(37)36-15-13-34(14-16-36)19-24-5-3-2-4-6-24/h2-12,17,27-28H,13-16,18-22H2,1H3/t27-,28-/m1/s1. The van der Waals surface area contributed by atoms with Gasteiger partial charge in [0.2, 0.25) is 5.91 Å². The summed E-state index contributed by atoms with van der Waals surface area (Å²) in [5, 5.41) is 0. The molecule has 2 fully saturated rings. The number of halogens is 2. The highest BCUT2D eigenvalue weighted by molar-refractivity contribution is 5.79. The number of carbonyl (C=O) groups excluding carboxylic acids is 1. The third-order valence-electron chi connectivity index (χ3n) is 7.78. The van der Waals surface area contributed by atoms with Crippen LogP contribution in [-0.2, 0) is 17.9 Å². The Morgan fingerprint density at radius 2 is 1.49 bits per heavy atom. The van der Waals surface area contributed by atoms with Crippen LogP contribution in [0.5, 0.6) is 0 Å². The van der Waals surface area contributed by atoms with E-state index in [1.54, 1.807) is 6.92 Å². The maximum Gasteiger partial charge on any atom is 0.227 e. The van der Waals surface area contributed by atoms with Crippen molar-refractivity contribution in [3.05, 3.63) is 107 Å². The summed E-state index contributed by atoms with van der Waals surface area (Å²) in [7, 11) is 0. The second-order valence-electron chi connectivity index (χ2n) is 10.5. The topological polar surface area (TPSA) is 26.8 Å². The lowest BCUT2D eigenvalue weighted by Gasteiger charge is -2.41. The summed E-state index contributed by atoms with van der Waals surface area (Å²) in [6.45, 7) is 8.03. The van der Waals surface area contributed by atoms with E-state index in [4.69, 9.17) is 0 Å². The Morgan fingerprint density at radius 1 is 0.811 bits per heavy atom. The fraction of sp³-hybridized carbons (Fsp3) is 0.387. The van der Waals surface area contributed by atoms with Crippen molar-refractivity contribution in [3.63, 3.8) is 0 Å². The molecule has 4 nitrogen and oxygen atoms in total. The van der Waals surface area contributed by atoms with Gasteiger partial charge in [0.05, 0.1) is 5.92 Å². The average molecular weight is 504 g/mol. The van der Waals surface area contributed by atoms with E-state index in [9.17, 15) is 13.6 Å². The van der Waals surface area contributed by atoms with Crippen molar-refractivity contribution >= 4 is 5.91 Å². The summed E-state index contributed by atoms with van der Waals surface area (Å²) in [5.41, 5.74) is 4.03. The van der Waals surface area contributed by atoms with Crippen molar-refractivity contribution in [1.82, 2.24) is 14.7 Å². The van der Waals surface area contributed by atoms with Gasteiger partial charge in [-0.2, -0.15) is 0 Å². The number of hydrogen-bond acceptors (Lipinski definition) is 3. The third-order valence-corrected chi connectivity index (χ3v) is 7.78. The minimum absolute atomic E-state index is 0.120. The van der Waals surface area contributed by atoms with E-state index in [1.165, 1.54) is 23.8 Å². The van der Waals surface area contributed by atoms with Crippen molar-refractivity contribution in [1.29, 1.82) is 0 Å². The second-order valence-corrected chi connectivity index (χ2v) is 10.5. The fourth-order valence-electron chi connectivity index (χ4n) is 5.74. The molecule has 0 bridgehead atoms. The first kappa shape index (κ1) is 25.6.